The van der Waals surface area contributed by atoms with Crippen LogP contribution in [0.5, 0.6) is 0 Å². The van der Waals surface area contributed by atoms with Crippen molar-refractivity contribution in [1.82, 2.24) is 5.32 Å². The van der Waals surface area contributed by atoms with Crippen molar-refractivity contribution < 1.29 is 49.0 Å². The maximum absolute atomic E-state index is 13.3. The molecule has 6 atom stereocenters. The zero-order valence-corrected chi connectivity index (χ0v) is 22.3. The molecular formula is C26H34ClNO10. The van der Waals surface area contributed by atoms with E-state index >= 15 is 0 Å². The molecule has 1 unspecified atom stereocenters. The zero-order valence-electron chi connectivity index (χ0n) is 21.6. The molecule has 0 aromatic heterocycles. The van der Waals surface area contributed by atoms with Crippen LogP contribution in [0.1, 0.15) is 39.2 Å². The van der Waals surface area contributed by atoms with E-state index in [1.807, 2.05) is 0 Å². The third-order valence-corrected chi connectivity index (χ3v) is 6.55. The maximum Gasteiger partial charge on any atom is 0.337 e. The molecule has 0 spiro atoms. The molecule has 2 aliphatic rings. The van der Waals surface area contributed by atoms with E-state index in [2.05, 4.69) is 5.32 Å². The van der Waals surface area contributed by atoms with Gasteiger partial charge in [-0.3, -0.25) is 0 Å². The number of nitrogens with one attached hydrogen (secondary N) is 1. The van der Waals surface area contributed by atoms with Crippen LogP contribution in [-0.4, -0.2) is 89.0 Å². The molecular weight excluding hydrogens is 522 g/mol. The highest BCUT2D eigenvalue weighted by Gasteiger charge is 2.44. The number of carbonyl (C=O) groups excluding carboxylic acids is 2. The Balaban J connectivity index is 1.77. The van der Waals surface area contributed by atoms with Gasteiger partial charge in [-0.2, -0.15) is 0 Å². The van der Waals surface area contributed by atoms with Crippen molar-refractivity contribution in [3.63, 3.8) is 0 Å². The fourth-order valence-corrected chi connectivity index (χ4v) is 4.66. The van der Waals surface area contributed by atoms with Gasteiger partial charge in [-0.1, -0.05) is 29.8 Å². The number of allylic oxidation sites excluding steroid dienone is 2. The number of ether oxygens (including phenoxy) is 4. The largest absolute Gasteiger partial charge is 0.460 e. The number of aliphatic hydroxyl groups is 4. The van der Waals surface area contributed by atoms with Gasteiger partial charge in [-0.25, -0.2) is 9.59 Å². The summed E-state index contributed by atoms with van der Waals surface area (Å²) in [6, 6.07) is 6.86. The quantitative estimate of drug-likeness (QED) is 0.217. The highest BCUT2D eigenvalue weighted by Crippen LogP contribution is 2.41. The predicted molar refractivity (Wildman–Crippen MR) is 135 cm³/mol. The summed E-state index contributed by atoms with van der Waals surface area (Å²) in [7, 11) is 0. The fraction of sp³-hybridized carbons (Fsp3) is 0.538. The van der Waals surface area contributed by atoms with Gasteiger partial charge in [-0.15, -0.1) is 0 Å². The molecule has 1 aromatic carbocycles. The SMILES string of the molecule is CC1=C(C(=O)OCCO[C@@H]2O[C@H](CO)[C@@H](O)[C@H](O)[C@H]2O)C(c2ccccc2Cl)C(C(=O)OC(C)C)=C(C)N1. The van der Waals surface area contributed by atoms with E-state index in [0.29, 0.717) is 22.0 Å². The number of rotatable bonds is 9. The number of dihydropyridines is 1. The Labute approximate surface area is 225 Å². The second kappa shape index (κ2) is 13.0. The number of carbonyl (C=O) groups is 2. The van der Waals surface area contributed by atoms with Gasteiger partial charge in [0.1, 0.15) is 31.0 Å². The summed E-state index contributed by atoms with van der Waals surface area (Å²) < 4.78 is 21.6. The molecule has 3 rings (SSSR count). The summed E-state index contributed by atoms with van der Waals surface area (Å²) in [5, 5.41) is 42.6. The lowest BCUT2D eigenvalue weighted by atomic mass is 9.80. The Morgan fingerprint density at radius 1 is 1.00 bits per heavy atom. The van der Waals surface area contributed by atoms with Crippen molar-refractivity contribution in [2.75, 3.05) is 19.8 Å². The number of aliphatic hydroxyl groups excluding tert-OH is 4. The molecule has 2 aliphatic heterocycles. The molecule has 2 heterocycles. The Morgan fingerprint density at radius 2 is 1.63 bits per heavy atom. The lowest BCUT2D eigenvalue weighted by molar-refractivity contribution is -0.302. The zero-order chi connectivity index (χ0) is 28.1. The van der Waals surface area contributed by atoms with Gasteiger partial charge in [0.15, 0.2) is 6.29 Å². The summed E-state index contributed by atoms with van der Waals surface area (Å²) in [6.07, 6.45) is -7.57. The topological polar surface area (TPSA) is 164 Å². The first-order chi connectivity index (χ1) is 18.0. The molecule has 0 aliphatic carbocycles. The van der Waals surface area contributed by atoms with E-state index in [-0.39, 0.29) is 24.4 Å². The minimum absolute atomic E-state index is 0.159. The van der Waals surface area contributed by atoms with Crippen molar-refractivity contribution in [1.29, 1.82) is 0 Å². The van der Waals surface area contributed by atoms with Crippen molar-refractivity contribution in [2.45, 2.75) is 70.4 Å². The van der Waals surface area contributed by atoms with Gasteiger partial charge >= 0.3 is 11.9 Å². The molecule has 12 heteroatoms. The van der Waals surface area contributed by atoms with Crippen molar-refractivity contribution in [2.24, 2.45) is 0 Å². The summed E-state index contributed by atoms with van der Waals surface area (Å²) >= 11 is 6.49. The number of benzene rings is 1. The second-order valence-electron chi connectivity index (χ2n) is 9.31. The maximum atomic E-state index is 13.3. The normalized spacial score (nSPS) is 27.8. The molecule has 38 heavy (non-hydrogen) atoms. The van der Waals surface area contributed by atoms with Crippen molar-refractivity contribution >= 4 is 23.5 Å². The van der Waals surface area contributed by atoms with Gasteiger partial charge in [0.05, 0.1) is 36.4 Å². The minimum atomic E-state index is -1.59. The lowest BCUT2D eigenvalue weighted by Gasteiger charge is -2.39. The van der Waals surface area contributed by atoms with Gasteiger partial charge in [0, 0.05) is 16.4 Å². The third kappa shape index (κ3) is 6.55. The molecule has 1 aromatic rings. The average molecular weight is 556 g/mol. The van der Waals surface area contributed by atoms with E-state index in [1.54, 1.807) is 52.0 Å². The van der Waals surface area contributed by atoms with E-state index in [4.69, 9.17) is 30.5 Å². The highest BCUT2D eigenvalue weighted by atomic mass is 35.5. The molecule has 0 amide bonds. The Morgan fingerprint density at radius 3 is 2.24 bits per heavy atom. The molecule has 1 fully saturated rings. The van der Waals surface area contributed by atoms with Crippen LogP contribution in [-0.2, 0) is 28.5 Å². The third-order valence-electron chi connectivity index (χ3n) is 6.21. The molecule has 5 N–H and O–H groups in total. The summed E-state index contributed by atoms with van der Waals surface area (Å²) in [5.41, 5.74) is 1.89. The molecule has 0 radical (unpaired) electrons. The fourth-order valence-electron chi connectivity index (χ4n) is 4.41. The number of halogens is 1. The number of hydrogen-bond donors (Lipinski definition) is 5. The second-order valence-corrected chi connectivity index (χ2v) is 9.72. The van der Waals surface area contributed by atoms with Crippen LogP contribution < -0.4 is 5.32 Å². The summed E-state index contributed by atoms with van der Waals surface area (Å²) in [6.45, 7) is 5.73. The van der Waals surface area contributed by atoms with Crippen LogP contribution >= 0.6 is 11.6 Å². The van der Waals surface area contributed by atoms with E-state index < -0.39 is 61.3 Å². The van der Waals surface area contributed by atoms with E-state index in [0.717, 1.165) is 0 Å². The Kier molecular flexibility index (Phi) is 10.3. The first kappa shape index (κ1) is 30.0. The Hall–Kier alpha value is -2.51. The van der Waals surface area contributed by atoms with Gasteiger partial charge in [0.2, 0.25) is 0 Å². The standard InChI is InChI=1S/C26H34ClNO10/c1-12(2)37-25(34)19-14(4)28-13(3)18(20(19)15-7-5-6-8-16(15)27)24(33)35-9-10-36-26-23(32)22(31)21(30)17(11-29)38-26/h5-8,12,17,20-23,26,28-32H,9-11H2,1-4H3/t17-,20?,21-,22+,23-,26-/m1/s1. The van der Waals surface area contributed by atoms with E-state index in [1.165, 1.54) is 0 Å². The molecule has 0 bridgehead atoms. The van der Waals surface area contributed by atoms with Crippen molar-refractivity contribution in [3.8, 4) is 0 Å². The van der Waals surface area contributed by atoms with Crippen LogP contribution in [0.15, 0.2) is 46.8 Å². The number of esters is 2. The minimum Gasteiger partial charge on any atom is -0.460 e. The van der Waals surface area contributed by atoms with Crippen LogP contribution in [0.25, 0.3) is 0 Å². The van der Waals surface area contributed by atoms with E-state index in [9.17, 15) is 30.0 Å². The van der Waals surface area contributed by atoms with Crippen LogP contribution in [0.3, 0.4) is 0 Å². The lowest BCUT2D eigenvalue weighted by Crippen LogP contribution is -2.59. The van der Waals surface area contributed by atoms with Crippen molar-refractivity contribution in [3.05, 3.63) is 57.4 Å². The highest BCUT2D eigenvalue weighted by molar-refractivity contribution is 6.31. The van der Waals surface area contributed by atoms with Crippen LogP contribution in [0.2, 0.25) is 5.02 Å². The van der Waals surface area contributed by atoms with Crippen LogP contribution in [0, 0.1) is 0 Å². The summed E-state index contributed by atoms with van der Waals surface area (Å²) in [5.74, 6) is -2.20. The number of hydrogen-bond acceptors (Lipinski definition) is 11. The van der Waals surface area contributed by atoms with Gasteiger partial charge in [0.25, 0.3) is 0 Å². The molecule has 0 saturated carbocycles. The first-order valence-corrected chi connectivity index (χ1v) is 12.6. The first-order valence-electron chi connectivity index (χ1n) is 12.2. The summed E-state index contributed by atoms with van der Waals surface area (Å²) in [4.78, 5) is 26.4. The molecule has 210 valence electrons. The van der Waals surface area contributed by atoms with Gasteiger partial charge < -0.3 is 44.7 Å². The van der Waals surface area contributed by atoms with Gasteiger partial charge in [-0.05, 0) is 39.3 Å². The molecule has 1 saturated heterocycles. The Bertz CT molecular complexity index is 1090. The monoisotopic (exact) mass is 555 g/mol. The van der Waals surface area contributed by atoms with Crippen LogP contribution in [0.4, 0.5) is 0 Å². The average Bonchev–Trinajstić information content (AvgIpc) is 2.85. The molecule has 11 nitrogen and oxygen atoms in total. The smallest absolute Gasteiger partial charge is 0.337 e. The predicted octanol–water partition coefficient (Wildman–Crippen LogP) is 0.886.